The number of carbonyl (C=O) groups excluding carboxylic acids is 2. The van der Waals surface area contributed by atoms with Crippen LogP contribution in [0.2, 0.25) is 5.02 Å². The van der Waals surface area contributed by atoms with Crippen LogP contribution < -0.4 is 16.0 Å². The van der Waals surface area contributed by atoms with Crippen molar-refractivity contribution in [1.82, 2.24) is 20.9 Å². The number of nitrogens with one attached hydrogen (secondary N) is 3. The highest BCUT2D eigenvalue weighted by atomic mass is 35.5. The highest BCUT2D eigenvalue weighted by molar-refractivity contribution is 6.33. The lowest BCUT2D eigenvalue weighted by Gasteiger charge is -2.44. The first-order valence-corrected chi connectivity index (χ1v) is 15.4. The Bertz CT molecular complexity index is 1170. The van der Waals surface area contributed by atoms with Gasteiger partial charge in [0.1, 0.15) is 0 Å². The molecule has 2 aliphatic heterocycles. The van der Waals surface area contributed by atoms with E-state index >= 15 is 0 Å². The topological polar surface area (TPSA) is 103 Å². The highest BCUT2D eigenvalue weighted by Gasteiger charge is 2.43. The van der Waals surface area contributed by atoms with E-state index in [0.29, 0.717) is 50.0 Å². The molecule has 224 valence electrons. The van der Waals surface area contributed by atoms with Crippen molar-refractivity contribution < 1.29 is 19.4 Å². The fourth-order valence-electron chi connectivity index (χ4n) is 6.28. The summed E-state index contributed by atoms with van der Waals surface area (Å²) in [4.78, 5) is 26.8. The molecule has 0 saturated carbocycles. The van der Waals surface area contributed by atoms with Gasteiger partial charge >= 0.3 is 12.1 Å². The molecule has 2 aliphatic rings. The Balaban J connectivity index is 1.61. The summed E-state index contributed by atoms with van der Waals surface area (Å²) < 4.78 is 4.72. The molecule has 3 amide bonds. The second-order valence-electron chi connectivity index (χ2n) is 11.3. The van der Waals surface area contributed by atoms with Gasteiger partial charge in [-0.15, -0.1) is 0 Å². The van der Waals surface area contributed by atoms with Gasteiger partial charge in [-0.1, -0.05) is 54.9 Å². The highest BCUT2D eigenvalue weighted by Crippen LogP contribution is 2.45. The molecule has 0 bridgehead atoms. The lowest BCUT2D eigenvalue weighted by molar-refractivity contribution is -0.0547. The number of nitrogens with zero attached hydrogens (tertiary/aromatic N) is 1. The van der Waals surface area contributed by atoms with Gasteiger partial charge in [0.05, 0.1) is 12.7 Å². The fourth-order valence-corrected chi connectivity index (χ4v) is 6.57. The first kappa shape index (κ1) is 31.1. The van der Waals surface area contributed by atoms with Crippen LogP contribution in [0.3, 0.4) is 0 Å². The monoisotopic (exact) mass is 584 g/mol. The van der Waals surface area contributed by atoms with Crippen LogP contribution in [0, 0.1) is 11.8 Å². The van der Waals surface area contributed by atoms with Crippen molar-refractivity contribution >= 4 is 23.7 Å². The van der Waals surface area contributed by atoms with Crippen LogP contribution in [-0.2, 0) is 16.8 Å². The Morgan fingerprint density at radius 3 is 2.68 bits per heavy atom. The molecule has 4 rings (SSSR count). The smallest absolute Gasteiger partial charge is 0.406 e. The number of alkyl carbamates (subject to hydrolysis) is 1. The van der Waals surface area contributed by atoms with Gasteiger partial charge in [-0.3, -0.25) is 0 Å². The molecule has 41 heavy (non-hydrogen) atoms. The fraction of sp³-hybridized carbons (Fsp3) is 0.562. The Morgan fingerprint density at radius 2 is 1.93 bits per heavy atom. The second-order valence-corrected chi connectivity index (χ2v) is 11.7. The number of methoxy groups -OCH3 is 1. The average molecular weight is 585 g/mol. The third-order valence-corrected chi connectivity index (χ3v) is 8.99. The lowest BCUT2D eigenvalue weighted by Crippen LogP contribution is -2.52. The van der Waals surface area contributed by atoms with E-state index in [1.165, 1.54) is 12.7 Å². The number of hydrogen-bond donors (Lipinski definition) is 4. The van der Waals surface area contributed by atoms with Gasteiger partial charge in [0.15, 0.2) is 0 Å². The molecule has 2 aromatic carbocycles. The van der Waals surface area contributed by atoms with E-state index in [0.717, 1.165) is 61.9 Å². The van der Waals surface area contributed by atoms with E-state index in [1.807, 2.05) is 35.2 Å². The van der Waals surface area contributed by atoms with Gasteiger partial charge in [-0.25, -0.2) is 9.59 Å². The second kappa shape index (κ2) is 14.9. The van der Waals surface area contributed by atoms with E-state index in [4.69, 9.17) is 16.3 Å². The van der Waals surface area contributed by atoms with Crippen molar-refractivity contribution in [2.45, 2.75) is 57.5 Å². The van der Waals surface area contributed by atoms with E-state index in [2.05, 4.69) is 35.0 Å². The number of piperidine rings is 2. The molecule has 2 atom stereocenters. The Morgan fingerprint density at radius 1 is 1.15 bits per heavy atom. The summed E-state index contributed by atoms with van der Waals surface area (Å²) in [6.07, 6.45) is 5.04. The number of ether oxygens (including phenoxy) is 1. The van der Waals surface area contributed by atoms with E-state index in [9.17, 15) is 14.7 Å². The zero-order chi connectivity index (χ0) is 29.2. The summed E-state index contributed by atoms with van der Waals surface area (Å²) >= 11 is 6.86. The minimum atomic E-state index is -1.27. The molecule has 2 heterocycles. The van der Waals surface area contributed by atoms with Crippen molar-refractivity contribution in [3.8, 4) is 11.1 Å². The number of amides is 3. The molecule has 4 N–H and O–H groups in total. The normalized spacial score (nSPS) is 19.3. The Hall–Kier alpha value is -2.81. The molecule has 0 unspecified atom stereocenters. The van der Waals surface area contributed by atoms with Crippen LogP contribution >= 0.6 is 11.6 Å². The van der Waals surface area contributed by atoms with Crippen molar-refractivity contribution in [1.29, 1.82) is 0 Å². The predicted octanol–water partition coefficient (Wildman–Crippen LogP) is 5.31. The van der Waals surface area contributed by atoms with E-state index < -0.39 is 11.7 Å². The van der Waals surface area contributed by atoms with Gasteiger partial charge in [-0.2, -0.15) is 0 Å². The summed E-state index contributed by atoms with van der Waals surface area (Å²) in [7, 11) is 1.33. The number of carbonyl (C=O) groups is 2. The molecule has 2 fully saturated rings. The third kappa shape index (κ3) is 7.93. The number of halogens is 1. The maximum atomic E-state index is 13.3. The number of urea groups is 1. The number of aliphatic hydroxyl groups is 1. The number of benzene rings is 2. The maximum absolute atomic E-state index is 13.3. The quantitative estimate of drug-likeness (QED) is 0.283. The number of hydrogen-bond acceptors (Lipinski definition) is 5. The van der Waals surface area contributed by atoms with Crippen molar-refractivity contribution in [3.63, 3.8) is 0 Å². The van der Waals surface area contributed by atoms with Crippen molar-refractivity contribution in [3.05, 3.63) is 58.6 Å². The summed E-state index contributed by atoms with van der Waals surface area (Å²) in [6, 6.07) is 13.9. The maximum Gasteiger partial charge on any atom is 0.406 e. The molecule has 2 saturated heterocycles. The van der Waals surface area contributed by atoms with Crippen molar-refractivity contribution in [2.24, 2.45) is 11.8 Å². The largest absolute Gasteiger partial charge is 0.453 e. The van der Waals surface area contributed by atoms with Crippen LogP contribution in [0.15, 0.2) is 42.5 Å². The third-order valence-electron chi connectivity index (χ3n) is 8.68. The van der Waals surface area contributed by atoms with Gasteiger partial charge in [0.2, 0.25) is 0 Å². The molecule has 0 spiro atoms. The van der Waals surface area contributed by atoms with Crippen LogP contribution in [0.5, 0.6) is 0 Å². The van der Waals surface area contributed by atoms with Crippen LogP contribution in [-0.4, -0.2) is 68.5 Å². The molecule has 0 radical (unpaired) electrons. The molecule has 0 aromatic heterocycles. The zero-order valence-electron chi connectivity index (χ0n) is 24.4. The molecule has 8 nitrogen and oxygen atoms in total. The Kier molecular flexibility index (Phi) is 11.3. The summed E-state index contributed by atoms with van der Waals surface area (Å²) in [5.41, 5.74) is 2.46. The van der Waals surface area contributed by atoms with E-state index in [-0.39, 0.29) is 11.9 Å². The van der Waals surface area contributed by atoms with Crippen LogP contribution in [0.1, 0.15) is 56.6 Å². The van der Waals surface area contributed by atoms with Crippen LogP contribution in [0.25, 0.3) is 11.1 Å². The summed E-state index contributed by atoms with van der Waals surface area (Å²) in [5, 5.41) is 22.5. The first-order chi connectivity index (χ1) is 19.9. The standard InChI is InChI=1S/C32H45ClN4O4/c1-3-23-8-4-9-25(20-23)29-27(11-5-12-28(29)33)32(40,15-7-16-35-31(39)41-2)26-10-6-19-37(22-26)30(38)36-21-24-13-17-34-18-14-24/h4-5,8-9,11-12,20,24,26,34,40H,3,6-7,10,13-19,21-22H2,1-2H3,(H,35,39)(H,36,38)/t26-,32+/m1/s1. The zero-order valence-corrected chi connectivity index (χ0v) is 25.1. The summed E-state index contributed by atoms with van der Waals surface area (Å²) in [5.74, 6) is 0.290. The average Bonchev–Trinajstić information content (AvgIpc) is 3.02. The number of aryl methyl sites for hydroxylation is 1. The SMILES string of the molecule is CCc1cccc(-c2c(Cl)cccc2[C@](O)(CCCNC(=O)OC)[C@@H]2CCCN(C(=O)NCC3CCNCC3)C2)c1. The van der Waals surface area contributed by atoms with Crippen LogP contribution in [0.4, 0.5) is 9.59 Å². The van der Waals surface area contributed by atoms with Gasteiger partial charge in [0, 0.05) is 42.7 Å². The van der Waals surface area contributed by atoms with Crippen molar-refractivity contribution in [2.75, 3.05) is 46.4 Å². The van der Waals surface area contributed by atoms with Gasteiger partial charge < -0.3 is 30.7 Å². The molecular formula is C32H45ClN4O4. The van der Waals surface area contributed by atoms with Gasteiger partial charge in [0.25, 0.3) is 0 Å². The predicted molar refractivity (Wildman–Crippen MR) is 163 cm³/mol. The first-order valence-electron chi connectivity index (χ1n) is 15.0. The molecule has 0 aliphatic carbocycles. The molecular weight excluding hydrogens is 540 g/mol. The minimum Gasteiger partial charge on any atom is -0.453 e. The number of rotatable bonds is 10. The summed E-state index contributed by atoms with van der Waals surface area (Å²) in [6.45, 7) is 6.25. The Labute approximate surface area is 249 Å². The van der Waals surface area contributed by atoms with Gasteiger partial charge in [-0.05, 0) is 86.7 Å². The number of likely N-dealkylation sites (tertiary alicyclic amines) is 1. The molecule has 9 heteroatoms. The lowest BCUT2D eigenvalue weighted by atomic mass is 9.72. The molecule has 2 aromatic rings. The minimum absolute atomic E-state index is 0.0649. The van der Waals surface area contributed by atoms with E-state index in [1.54, 1.807) is 0 Å².